The fraction of sp³-hybridized carbons (Fsp3) is 0.333. The first-order chi connectivity index (χ1) is 5.86. The Kier molecular flexibility index (Phi) is 3.26. The maximum absolute atomic E-state index is 4.58. The van der Waals surface area contributed by atoms with Crippen LogP contribution in [-0.2, 0) is 11.4 Å². The second-order valence-electron chi connectivity index (χ2n) is 2.38. The molecule has 3 nitrogen and oxygen atoms in total. The van der Waals surface area contributed by atoms with E-state index >= 15 is 0 Å². The second-order valence-corrected chi connectivity index (χ2v) is 2.38. The Morgan fingerprint density at radius 1 is 1.67 bits per heavy atom. The van der Waals surface area contributed by atoms with Crippen molar-refractivity contribution < 1.29 is 9.40 Å². The maximum atomic E-state index is 4.58. The minimum Gasteiger partial charge on any atom is -0.399 e. The Labute approximate surface area is 72.3 Å². The van der Waals surface area contributed by atoms with Gasteiger partial charge in [0.1, 0.15) is 13.7 Å². The summed E-state index contributed by atoms with van der Waals surface area (Å²) in [6, 6.07) is 3.97. The van der Waals surface area contributed by atoms with Gasteiger partial charge in [-0.1, -0.05) is 5.16 Å². The molecule has 0 radical (unpaired) electrons. The van der Waals surface area contributed by atoms with Crippen molar-refractivity contribution in [1.29, 1.82) is 0 Å². The lowest BCUT2D eigenvalue weighted by molar-refractivity contribution is -0.693. The largest absolute Gasteiger partial charge is 0.399 e. The van der Waals surface area contributed by atoms with Crippen molar-refractivity contribution in [3.05, 3.63) is 30.1 Å². The summed E-state index contributed by atoms with van der Waals surface area (Å²) in [6.07, 6.45) is 5.72. The van der Waals surface area contributed by atoms with E-state index < -0.39 is 0 Å². The molecule has 0 saturated heterocycles. The predicted molar refractivity (Wildman–Crippen MR) is 46.9 cm³/mol. The molecule has 0 atom stereocenters. The van der Waals surface area contributed by atoms with Crippen LogP contribution in [0.4, 0.5) is 0 Å². The first kappa shape index (κ1) is 8.71. The standard InChI is InChI=1S/C9H13N2O/c1-3-11-6-4-5-9(8-11)7-10-12-2/h4-8H,3H2,1-2H3/q+1/b10-7+. The second kappa shape index (κ2) is 4.49. The first-order valence-corrected chi connectivity index (χ1v) is 3.92. The highest BCUT2D eigenvalue weighted by molar-refractivity contribution is 5.77. The number of rotatable bonds is 3. The van der Waals surface area contributed by atoms with E-state index in [-0.39, 0.29) is 0 Å². The number of aromatic nitrogens is 1. The van der Waals surface area contributed by atoms with Gasteiger partial charge in [0.25, 0.3) is 0 Å². The minimum absolute atomic E-state index is 0.967. The van der Waals surface area contributed by atoms with E-state index in [1.165, 1.54) is 7.11 Å². The lowest BCUT2D eigenvalue weighted by Crippen LogP contribution is -2.31. The molecule has 0 aliphatic carbocycles. The van der Waals surface area contributed by atoms with Crippen LogP contribution in [-0.4, -0.2) is 13.3 Å². The summed E-state index contributed by atoms with van der Waals surface area (Å²) in [5, 5.41) is 3.68. The van der Waals surface area contributed by atoms with Crippen molar-refractivity contribution in [2.75, 3.05) is 7.11 Å². The summed E-state index contributed by atoms with van der Waals surface area (Å²) in [5.41, 5.74) is 1.04. The van der Waals surface area contributed by atoms with Gasteiger partial charge in [-0.15, -0.1) is 0 Å². The van der Waals surface area contributed by atoms with Crippen LogP contribution in [0.15, 0.2) is 29.7 Å². The van der Waals surface area contributed by atoms with Gasteiger partial charge in [0.2, 0.25) is 0 Å². The van der Waals surface area contributed by atoms with Gasteiger partial charge in [0, 0.05) is 6.07 Å². The van der Waals surface area contributed by atoms with Crippen molar-refractivity contribution in [2.45, 2.75) is 13.5 Å². The number of aryl methyl sites for hydroxylation is 1. The van der Waals surface area contributed by atoms with Crippen LogP contribution in [0, 0.1) is 0 Å². The number of hydrogen-bond donors (Lipinski definition) is 0. The molecule has 12 heavy (non-hydrogen) atoms. The molecule has 0 aliphatic rings. The van der Waals surface area contributed by atoms with Crippen LogP contribution in [0.1, 0.15) is 12.5 Å². The minimum atomic E-state index is 0.967. The highest BCUT2D eigenvalue weighted by Crippen LogP contribution is 1.89. The highest BCUT2D eigenvalue weighted by atomic mass is 16.6. The summed E-state index contributed by atoms with van der Waals surface area (Å²) in [7, 11) is 1.54. The average molecular weight is 165 g/mol. The van der Waals surface area contributed by atoms with Crippen LogP contribution in [0.2, 0.25) is 0 Å². The topological polar surface area (TPSA) is 25.5 Å². The molecule has 0 amide bonds. The van der Waals surface area contributed by atoms with E-state index in [2.05, 4.69) is 21.5 Å². The SMILES string of the molecule is CC[n+]1cccc(/C=N/OC)c1. The molecule has 1 rings (SSSR count). The molecule has 64 valence electrons. The molecule has 1 aromatic rings. The summed E-state index contributed by atoms with van der Waals surface area (Å²) < 4.78 is 2.08. The first-order valence-electron chi connectivity index (χ1n) is 3.92. The molecule has 0 aromatic carbocycles. The van der Waals surface area contributed by atoms with Crippen LogP contribution >= 0.6 is 0 Å². The lowest BCUT2D eigenvalue weighted by Gasteiger charge is -1.92. The fourth-order valence-corrected chi connectivity index (χ4v) is 0.929. The zero-order valence-electron chi connectivity index (χ0n) is 7.40. The van der Waals surface area contributed by atoms with Crippen LogP contribution in [0.25, 0.3) is 0 Å². The Bertz CT molecular complexity index is 271. The molecular formula is C9H13N2O+. The molecule has 0 spiro atoms. The molecule has 1 aromatic heterocycles. The normalized spacial score (nSPS) is 10.5. The van der Waals surface area contributed by atoms with Crippen molar-refractivity contribution in [1.82, 2.24) is 0 Å². The molecule has 0 N–H and O–H groups in total. The van der Waals surface area contributed by atoms with Gasteiger partial charge in [-0.2, -0.15) is 0 Å². The van der Waals surface area contributed by atoms with E-state index in [0.29, 0.717) is 0 Å². The van der Waals surface area contributed by atoms with Crippen molar-refractivity contribution in [3.8, 4) is 0 Å². The van der Waals surface area contributed by atoms with Crippen LogP contribution in [0.5, 0.6) is 0 Å². The van der Waals surface area contributed by atoms with Gasteiger partial charge in [-0.05, 0) is 13.0 Å². The zero-order chi connectivity index (χ0) is 8.81. The molecular weight excluding hydrogens is 152 g/mol. The Hall–Kier alpha value is -1.38. The third-order valence-electron chi connectivity index (χ3n) is 1.55. The Morgan fingerprint density at radius 2 is 2.50 bits per heavy atom. The fourth-order valence-electron chi connectivity index (χ4n) is 0.929. The van der Waals surface area contributed by atoms with Gasteiger partial charge in [-0.3, -0.25) is 0 Å². The number of oxime groups is 1. The number of hydrogen-bond acceptors (Lipinski definition) is 2. The van der Waals surface area contributed by atoms with Gasteiger partial charge < -0.3 is 4.84 Å². The Morgan fingerprint density at radius 3 is 3.17 bits per heavy atom. The number of pyridine rings is 1. The maximum Gasteiger partial charge on any atom is 0.177 e. The molecule has 0 unspecified atom stereocenters. The van der Waals surface area contributed by atoms with Gasteiger partial charge in [0.05, 0.1) is 11.8 Å². The summed E-state index contributed by atoms with van der Waals surface area (Å²) in [6.45, 7) is 3.06. The molecule has 0 aliphatic heterocycles. The van der Waals surface area contributed by atoms with Gasteiger partial charge in [-0.25, -0.2) is 4.57 Å². The average Bonchev–Trinajstić information content (AvgIpc) is 2.15. The van der Waals surface area contributed by atoms with E-state index in [1.54, 1.807) is 6.21 Å². The predicted octanol–water partition coefficient (Wildman–Crippen LogP) is 0.974. The van der Waals surface area contributed by atoms with Crippen LogP contribution < -0.4 is 4.57 Å². The third-order valence-corrected chi connectivity index (χ3v) is 1.55. The monoisotopic (exact) mass is 165 g/mol. The summed E-state index contributed by atoms with van der Waals surface area (Å²) in [5.74, 6) is 0. The van der Waals surface area contributed by atoms with E-state index in [9.17, 15) is 0 Å². The summed E-state index contributed by atoms with van der Waals surface area (Å²) in [4.78, 5) is 4.58. The van der Waals surface area contributed by atoms with E-state index in [4.69, 9.17) is 0 Å². The van der Waals surface area contributed by atoms with Crippen molar-refractivity contribution >= 4 is 6.21 Å². The summed E-state index contributed by atoms with van der Waals surface area (Å²) >= 11 is 0. The smallest absolute Gasteiger partial charge is 0.177 e. The van der Waals surface area contributed by atoms with E-state index in [1.807, 2.05) is 24.5 Å². The van der Waals surface area contributed by atoms with Crippen molar-refractivity contribution in [2.24, 2.45) is 5.16 Å². The molecule has 0 fully saturated rings. The Balaban J connectivity index is 2.79. The lowest BCUT2D eigenvalue weighted by atomic mass is 10.3. The van der Waals surface area contributed by atoms with Gasteiger partial charge >= 0.3 is 0 Å². The van der Waals surface area contributed by atoms with Crippen molar-refractivity contribution in [3.63, 3.8) is 0 Å². The third kappa shape index (κ3) is 2.34. The molecule has 0 bridgehead atoms. The van der Waals surface area contributed by atoms with Crippen LogP contribution in [0.3, 0.4) is 0 Å². The van der Waals surface area contributed by atoms with Gasteiger partial charge in [0.15, 0.2) is 12.4 Å². The molecule has 3 heteroatoms. The molecule has 0 saturated carbocycles. The highest BCUT2D eigenvalue weighted by Gasteiger charge is 1.96. The number of nitrogens with zero attached hydrogens (tertiary/aromatic N) is 2. The zero-order valence-corrected chi connectivity index (χ0v) is 7.40. The quantitative estimate of drug-likeness (QED) is 0.372. The van der Waals surface area contributed by atoms with E-state index in [0.717, 1.165) is 12.1 Å². The molecule has 1 heterocycles.